The molecular formula is C16H17N3O4. The van der Waals surface area contributed by atoms with Crippen molar-refractivity contribution in [3.05, 3.63) is 48.2 Å². The quantitative estimate of drug-likeness (QED) is 0.824. The number of pyridine rings is 1. The molecule has 2 rings (SSSR count). The molecule has 1 heterocycles. The zero-order chi connectivity index (χ0) is 16.7. The molecule has 0 unspecified atom stereocenters. The highest BCUT2D eigenvalue weighted by molar-refractivity contribution is 5.89. The lowest BCUT2D eigenvalue weighted by atomic mass is 10.2. The standard InChI is InChI=1S/C16H17N3O4/c1-3-23-16(21)19-14-9-8-13(10-17-14)18-12-6-4-11(5-7-12)15(20)22-2/h4-10,18H,3H2,1-2H3,(H,17,19,21). The van der Waals surface area contributed by atoms with Crippen molar-refractivity contribution in [3.63, 3.8) is 0 Å². The molecule has 0 spiro atoms. The Hall–Kier alpha value is -3.09. The van der Waals surface area contributed by atoms with E-state index in [2.05, 4.69) is 20.4 Å². The number of hydrogen-bond donors (Lipinski definition) is 2. The van der Waals surface area contributed by atoms with Gasteiger partial charge in [0.15, 0.2) is 0 Å². The van der Waals surface area contributed by atoms with E-state index >= 15 is 0 Å². The van der Waals surface area contributed by atoms with Crippen LogP contribution in [0.25, 0.3) is 0 Å². The van der Waals surface area contributed by atoms with E-state index < -0.39 is 6.09 Å². The summed E-state index contributed by atoms with van der Waals surface area (Å²) in [5.41, 5.74) is 2.01. The van der Waals surface area contributed by atoms with Crippen LogP contribution in [-0.4, -0.2) is 30.8 Å². The van der Waals surface area contributed by atoms with Gasteiger partial charge in [-0.15, -0.1) is 0 Å². The van der Waals surface area contributed by atoms with Crippen LogP contribution in [0.15, 0.2) is 42.6 Å². The normalized spacial score (nSPS) is 9.83. The number of amides is 1. The summed E-state index contributed by atoms with van der Waals surface area (Å²) in [5, 5.41) is 5.64. The molecule has 1 aromatic heterocycles. The lowest BCUT2D eigenvalue weighted by Crippen LogP contribution is -2.14. The van der Waals surface area contributed by atoms with E-state index in [1.54, 1.807) is 49.5 Å². The molecule has 0 fully saturated rings. The highest BCUT2D eigenvalue weighted by atomic mass is 16.5. The average Bonchev–Trinajstić information content (AvgIpc) is 2.57. The Morgan fingerprint density at radius 2 is 1.78 bits per heavy atom. The molecule has 0 saturated heterocycles. The summed E-state index contributed by atoms with van der Waals surface area (Å²) in [5.74, 6) is 0.0163. The maximum absolute atomic E-state index is 11.4. The molecule has 120 valence electrons. The fourth-order valence-corrected chi connectivity index (χ4v) is 1.79. The number of carbonyl (C=O) groups excluding carboxylic acids is 2. The summed E-state index contributed by atoms with van der Waals surface area (Å²) in [6.07, 6.45) is 1.04. The highest BCUT2D eigenvalue weighted by Gasteiger charge is 2.05. The number of aromatic nitrogens is 1. The Labute approximate surface area is 133 Å². The number of carbonyl (C=O) groups is 2. The SMILES string of the molecule is CCOC(=O)Nc1ccc(Nc2ccc(C(=O)OC)cc2)cn1. The fourth-order valence-electron chi connectivity index (χ4n) is 1.79. The third-order valence-electron chi connectivity index (χ3n) is 2.86. The van der Waals surface area contributed by atoms with E-state index in [0.717, 1.165) is 11.4 Å². The molecule has 1 aromatic carbocycles. The van der Waals surface area contributed by atoms with Crippen LogP contribution in [-0.2, 0) is 9.47 Å². The Bertz CT molecular complexity index is 669. The number of hydrogen-bond acceptors (Lipinski definition) is 6. The number of benzene rings is 1. The van der Waals surface area contributed by atoms with Crippen LogP contribution in [0, 0.1) is 0 Å². The van der Waals surface area contributed by atoms with Gasteiger partial charge in [-0.05, 0) is 43.3 Å². The van der Waals surface area contributed by atoms with E-state index in [4.69, 9.17) is 4.74 Å². The molecule has 0 bridgehead atoms. The van der Waals surface area contributed by atoms with Gasteiger partial charge in [0.2, 0.25) is 0 Å². The molecule has 0 aliphatic carbocycles. The molecule has 2 aromatic rings. The molecule has 0 saturated carbocycles. The Morgan fingerprint density at radius 3 is 2.35 bits per heavy atom. The van der Waals surface area contributed by atoms with E-state index in [9.17, 15) is 9.59 Å². The number of ether oxygens (including phenoxy) is 2. The summed E-state index contributed by atoms with van der Waals surface area (Å²) in [6.45, 7) is 2.03. The first-order valence-corrected chi connectivity index (χ1v) is 6.97. The molecular weight excluding hydrogens is 298 g/mol. The molecule has 0 aliphatic rings. The van der Waals surface area contributed by atoms with Gasteiger partial charge in [0.1, 0.15) is 5.82 Å². The second kappa shape index (κ2) is 7.79. The summed E-state index contributed by atoms with van der Waals surface area (Å²) in [4.78, 5) is 26.7. The number of rotatable bonds is 5. The maximum atomic E-state index is 11.4. The number of esters is 1. The minimum atomic E-state index is -0.542. The van der Waals surface area contributed by atoms with Gasteiger partial charge in [-0.1, -0.05) is 0 Å². The van der Waals surface area contributed by atoms with Gasteiger partial charge in [0.05, 0.1) is 31.2 Å². The van der Waals surface area contributed by atoms with Gasteiger partial charge in [-0.25, -0.2) is 14.6 Å². The van der Waals surface area contributed by atoms with Gasteiger partial charge in [-0.2, -0.15) is 0 Å². The monoisotopic (exact) mass is 315 g/mol. The van der Waals surface area contributed by atoms with Crippen molar-refractivity contribution in [1.29, 1.82) is 0 Å². The third-order valence-corrected chi connectivity index (χ3v) is 2.86. The number of nitrogens with zero attached hydrogens (tertiary/aromatic N) is 1. The molecule has 0 radical (unpaired) electrons. The molecule has 2 N–H and O–H groups in total. The van der Waals surface area contributed by atoms with Gasteiger partial charge in [0, 0.05) is 5.69 Å². The van der Waals surface area contributed by atoms with E-state index in [1.807, 2.05) is 0 Å². The minimum Gasteiger partial charge on any atom is -0.465 e. The zero-order valence-electron chi connectivity index (χ0n) is 12.8. The van der Waals surface area contributed by atoms with E-state index in [1.165, 1.54) is 7.11 Å². The Balaban J connectivity index is 1.98. The summed E-state index contributed by atoms with van der Waals surface area (Å²) in [6, 6.07) is 10.3. The van der Waals surface area contributed by atoms with Gasteiger partial charge in [-0.3, -0.25) is 5.32 Å². The second-order valence-electron chi connectivity index (χ2n) is 4.47. The van der Waals surface area contributed by atoms with Crippen LogP contribution in [0.4, 0.5) is 22.0 Å². The highest BCUT2D eigenvalue weighted by Crippen LogP contribution is 2.18. The van der Waals surface area contributed by atoms with Crippen LogP contribution in [0.2, 0.25) is 0 Å². The fraction of sp³-hybridized carbons (Fsp3) is 0.188. The molecule has 7 nitrogen and oxygen atoms in total. The average molecular weight is 315 g/mol. The number of methoxy groups -OCH3 is 1. The van der Waals surface area contributed by atoms with Gasteiger partial charge in [0.25, 0.3) is 0 Å². The van der Waals surface area contributed by atoms with Gasteiger partial charge >= 0.3 is 12.1 Å². The van der Waals surface area contributed by atoms with Crippen molar-refractivity contribution in [2.24, 2.45) is 0 Å². The van der Waals surface area contributed by atoms with E-state index in [-0.39, 0.29) is 5.97 Å². The van der Waals surface area contributed by atoms with Crippen molar-refractivity contribution >= 4 is 29.3 Å². The molecule has 0 aliphatic heterocycles. The molecule has 1 amide bonds. The van der Waals surface area contributed by atoms with Crippen molar-refractivity contribution in [1.82, 2.24) is 4.98 Å². The van der Waals surface area contributed by atoms with Crippen LogP contribution in [0.5, 0.6) is 0 Å². The number of nitrogens with one attached hydrogen (secondary N) is 2. The largest absolute Gasteiger partial charge is 0.465 e. The number of anilines is 3. The Kier molecular flexibility index (Phi) is 5.51. The van der Waals surface area contributed by atoms with Crippen molar-refractivity contribution in [3.8, 4) is 0 Å². The predicted molar refractivity (Wildman–Crippen MR) is 85.9 cm³/mol. The van der Waals surface area contributed by atoms with Crippen LogP contribution in [0.1, 0.15) is 17.3 Å². The van der Waals surface area contributed by atoms with Crippen molar-refractivity contribution in [2.45, 2.75) is 6.92 Å². The smallest absolute Gasteiger partial charge is 0.412 e. The zero-order valence-corrected chi connectivity index (χ0v) is 12.8. The predicted octanol–water partition coefficient (Wildman–Crippen LogP) is 3.18. The molecule has 0 atom stereocenters. The van der Waals surface area contributed by atoms with Crippen molar-refractivity contribution in [2.75, 3.05) is 24.4 Å². The Morgan fingerprint density at radius 1 is 1.09 bits per heavy atom. The topological polar surface area (TPSA) is 89.6 Å². The lowest BCUT2D eigenvalue weighted by molar-refractivity contribution is 0.0600. The van der Waals surface area contributed by atoms with Crippen molar-refractivity contribution < 1.29 is 19.1 Å². The third kappa shape index (κ3) is 4.70. The van der Waals surface area contributed by atoms with Crippen LogP contribution >= 0.6 is 0 Å². The van der Waals surface area contributed by atoms with Crippen LogP contribution in [0.3, 0.4) is 0 Å². The van der Waals surface area contributed by atoms with E-state index in [0.29, 0.717) is 18.0 Å². The van der Waals surface area contributed by atoms with Crippen LogP contribution < -0.4 is 10.6 Å². The molecule has 7 heteroatoms. The summed E-state index contributed by atoms with van der Waals surface area (Å²) < 4.78 is 9.41. The first-order chi connectivity index (χ1) is 11.1. The first-order valence-electron chi connectivity index (χ1n) is 6.97. The second-order valence-corrected chi connectivity index (χ2v) is 4.47. The molecule has 23 heavy (non-hydrogen) atoms. The first kappa shape index (κ1) is 16.3. The van der Waals surface area contributed by atoms with Gasteiger partial charge < -0.3 is 14.8 Å². The summed E-state index contributed by atoms with van der Waals surface area (Å²) in [7, 11) is 1.34. The maximum Gasteiger partial charge on any atom is 0.412 e. The lowest BCUT2D eigenvalue weighted by Gasteiger charge is -2.08. The summed E-state index contributed by atoms with van der Waals surface area (Å²) >= 11 is 0. The minimum absolute atomic E-state index is 0.299.